The average molecular weight is 250 g/mol. The molecule has 1 fully saturated rings. The molecule has 2 N–H and O–H groups in total. The number of aryl methyl sites for hydroxylation is 1. The van der Waals surface area contributed by atoms with Crippen LogP contribution in [-0.4, -0.2) is 44.4 Å². The minimum Gasteiger partial charge on any atom is -0.399 e. The summed E-state index contributed by atoms with van der Waals surface area (Å²) >= 11 is 0. The summed E-state index contributed by atoms with van der Waals surface area (Å²) in [7, 11) is 3.49. The fraction of sp³-hybridized carbons (Fsp3) is 0.571. The SMILES string of the molecule is COC1CN(Cc2ccc(N)c(C)c2)CC1OC. The van der Waals surface area contributed by atoms with Crippen LogP contribution in [0.5, 0.6) is 0 Å². The molecule has 0 saturated carbocycles. The van der Waals surface area contributed by atoms with Gasteiger partial charge in [0, 0.05) is 39.5 Å². The van der Waals surface area contributed by atoms with Crippen molar-refractivity contribution < 1.29 is 9.47 Å². The van der Waals surface area contributed by atoms with Gasteiger partial charge in [-0.25, -0.2) is 0 Å². The molecule has 1 aromatic rings. The van der Waals surface area contributed by atoms with E-state index in [0.29, 0.717) is 0 Å². The third-order valence-electron chi connectivity index (χ3n) is 3.64. The third kappa shape index (κ3) is 2.83. The number of benzene rings is 1. The molecule has 4 nitrogen and oxygen atoms in total. The number of anilines is 1. The van der Waals surface area contributed by atoms with E-state index in [9.17, 15) is 0 Å². The summed E-state index contributed by atoms with van der Waals surface area (Å²) < 4.78 is 10.9. The summed E-state index contributed by atoms with van der Waals surface area (Å²) in [6.07, 6.45) is 0.342. The minimum atomic E-state index is 0.171. The number of nitrogens with two attached hydrogens (primary N) is 1. The molecule has 2 rings (SSSR count). The molecule has 1 saturated heterocycles. The number of likely N-dealkylation sites (tertiary alicyclic amines) is 1. The molecule has 0 radical (unpaired) electrons. The predicted octanol–water partition coefficient (Wildman–Crippen LogP) is 1.42. The maximum absolute atomic E-state index is 5.83. The van der Waals surface area contributed by atoms with E-state index in [-0.39, 0.29) is 12.2 Å². The van der Waals surface area contributed by atoms with Gasteiger partial charge in [0.15, 0.2) is 0 Å². The quantitative estimate of drug-likeness (QED) is 0.821. The highest BCUT2D eigenvalue weighted by Crippen LogP contribution is 2.20. The van der Waals surface area contributed by atoms with Crippen LogP contribution in [0.15, 0.2) is 18.2 Å². The van der Waals surface area contributed by atoms with Gasteiger partial charge in [-0.1, -0.05) is 12.1 Å². The van der Waals surface area contributed by atoms with Crippen LogP contribution < -0.4 is 5.73 Å². The summed E-state index contributed by atoms with van der Waals surface area (Å²) in [5.74, 6) is 0. The number of methoxy groups -OCH3 is 2. The molecule has 0 bridgehead atoms. The van der Waals surface area contributed by atoms with Gasteiger partial charge in [-0.2, -0.15) is 0 Å². The van der Waals surface area contributed by atoms with Gasteiger partial charge >= 0.3 is 0 Å². The number of hydrogen-bond acceptors (Lipinski definition) is 4. The van der Waals surface area contributed by atoms with Crippen molar-refractivity contribution in [2.24, 2.45) is 0 Å². The average Bonchev–Trinajstić information content (AvgIpc) is 2.76. The Balaban J connectivity index is 2.00. The van der Waals surface area contributed by atoms with E-state index >= 15 is 0 Å². The fourth-order valence-corrected chi connectivity index (χ4v) is 2.49. The largest absolute Gasteiger partial charge is 0.399 e. The van der Waals surface area contributed by atoms with E-state index in [4.69, 9.17) is 15.2 Å². The van der Waals surface area contributed by atoms with Crippen molar-refractivity contribution >= 4 is 5.69 Å². The van der Waals surface area contributed by atoms with Crippen LogP contribution in [-0.2, 0) is 16.0 Å². The molecule has 4 heteroatoms. The number of ether oxygens (including phenoxy) is 2. The van der Waals surface area contributed by atoms with Crippen molar-refractivity contribution in [3.63, 3.8) is 0 Å². The summed E-state index contributed by atoms with van der Waals surface area (Å²) in [5.41, 5.74) is 9.10. The zero-order chi connectivity index (χ0) is 13.1. The Morgan fingerprint density at radius 2 is 1.83 bits per heavy atom. The minimum absolute atomic E-state index is 0.171. The first-order chi connectivity index (χ1) is 8.63. The van der Waals surface area contributed by atoms with Crippen molar-refractivity contribution in [2.45, 2.75) is 25.7 Å². The van der Waals surface area contributed by atoms with Crippen LogP contribution in [0.4, 0.5) is 5.69 Å². The van der Waals surface area contributed by atoms with Crippen LogP contribution in [0.3, 0.4) is 0 Å². The molecule has 2 unspecified atom stereocenters. The van der Waals surface area contributed by atoms with Gasteiger partial charge < -0.3 is 15.2 Å². The molecule has 0 aromatic heterocycles. The van der Waals surface area contributed by atoms with Crippen LogP contribution in [0.2, 0.25) is 0 Å². The lowest BCUT2D eigenvalue weighted by Gasteiger charge is -2.15. The van der Waals surface area contributed by atoms with E-state index in [1.807, 2.05) is 13.0 Å². The summed E-state index contributed by atoms with van der Waals surface area (Å²) in [6.45, 7) is 4.79. The summed E-state index contributed by atoms with van der Waals surface area (Å²) in [5, 5.41) is 0. The highest BCUT2D eigenvalue weighted by Gasteiger charge is 2.32. The maximum Gasteiger partial charge on any atom is 0.0971 e. The Hall–Kier alpha value is -1.10. The second kappa shape index (κ2) is 5.69. The first-order valence-corrected chi connectivity index (χ1v) is 6.27. The topological polar surface area (TPSA) is 47.7 Å². The van der Waals surface area contributed by atoms with Crippen molar-refractivity contribution in [2.75, 3.05) is 33.0 Å². The van der Waals surface area contributed by atoms with E-state index in [0.717, 1.165) is 30.9 Å². The van der Waals surface area contributed by atoms with Crippen LogP contribution >= 0.6 is 0 Å². The van der Waals surface area contributed by atoms with Gasteiger partial charge in [0.05, 0.1) is 12.2 Å². The van der Waals surface area contributed by atoms with Gasteiger partial charge in [0.2, 0.25) is 0 Å². The van der Waals surface area contributed by atoms with E-state index in [2.05, 4.69) is 17.0 Å². The third-order valence-corrected chi connectivity index (χ3v) is 3.64. The van der Waals surface area contributed by atoms with Crippen molar-refractivity contribution in [3.05, 3.63) is 29.3 Å². The molecule has 2 atom stereocenters. The number of nitrogens with zero attached hydrogens (tertiary/aromatic N) is 1. The lowest BCUT2D eigenvalue weighted by Crippen LogP contribution is -2.27. The van der Waals surface area contributed by atoms with Crippen molar-refractivity contribution in [1.82, 2.24) is 4.90 Å². The molecule has 1 aliphatic heterocycles. The molecule has 0 spiro atoms. The lowest BCUT2D eigenvalue weighted by molar-refractivity contribution is -0.00461. The smallest absolute Gasteiger partial charge is 0.0971 e. The molecule has 100 valence electrons. The van der Waals surface area contributed by atoms with E-state index in [1.165, 1.54) is 5.56 Å². The van der Waals surface area contributed by atoms with Crippen LogP contribution in [0, 0.1) is 6.92 Å². The molecule has 1 aromatic carbocycles. The van der Waals surface area contributed by atoms with Crippen LogP contribution in [0.1, 0.15) is 11.1 Å². The second-order valence-electron chi connectivity index (χ2n) is 4.93. The molecular weight excluding hydrogens is 228 g/mol. The van der Waals surface area contributed by atoms with Gasteiger partial charge in [0.25, 0.3) is 0 Å². The lowest BCUT2D eigenvalue weighted by atomic mass is 10.1. The number of hydrogen-bond donors (Lipinski definition) is 1. The Morgan fingerprint density at radius 3 is 2.33 bits per heavy atom. The zero-order valence-electron chi connectivity index (χ0n) is 11.3. The normalized spacial score (nSPS) is 24.6. The van der Waals surface area contributed by atoms with Gasteiger partial charge in [-0.15, -0.1) is 0 Å². The molecule has 18 heavy (non-hydrogen) atoms. The fourth-order valence-electron chi connectivity index (χ4n) is 2.49. The first kappa shape index (κ1) is 13.3. The van der Waals surface area contributed by atoms with Crippen LogP contribution in [0.25, 0.3) is 0 Å². The monoisotopic (exact) mass is 250 g/mol. The molecular formula is C14H22N2O2. The molecule has 0 aliphatic carbocycles. The molecule has 0 amide bonds. The Bertz CT molecular complexity index is 397. The molecule has 1 aliphatic rings. The first-order valence-electron chi connectivity index (χ1n) is 6.27. The van der Waals surface area contributed by atoms with E-state index in [1.54, 1.807) is 14.2 Å². The van der Waals surface area contributed by atoms with Crippen molar-refractivity contribution in [3.8, 4) is 0 Å². The Kier molecular flexibility index (Phi) is 4.22. The second-order valence-corrected chi connectivity index (χ2v) is 4.93. The van der Waals surface area contributed by atoms with Crippen molar-refractivity contribution in [1.29, 1.82) is 0 Å². The van der Waals surface area contributed by atoms with Gasteiger partial charge in [0.1, 0.15) is 0 Å². The predicted molar refractivity (Wildman–Crippen MR) is 72.5 cm³/mol. The number of rotatable bonds is 4. The Morgan fingerprint density at radius 1 is 1.22 bits per heavy atom. The maximum atomic E-state index is 5.83. The molecule has 1 heterocycles. The zero-order valence-corrected chi connectivity index (χ0v) is 11.3. The Labute approximate surface area is 109 Å². The number of nitrogen functional groups attached to an aromatic ring is 1. The summed E-state index contributed by atoms with van der Waals surface area (Å²) in [6, 6.07) is 6.21. The highest BCUT2D eigenvalue weighted by molar-refractivity contribution is 5.47. The van der Waals surface area contributed by atoms with Gasteiger partial charge in [-0.3, -0.25) is 4.90 Å². The standard InChI is InChI=1S/C14H22N2O2/c1-10-6-11(4-5-12(10)15)7-16-8-13(17-2)14(9-16)18-3/h4-6,13-14H,7-9,15H2,1-3H3. The highest BCUT2D eigenvalue weighted by atomic mass is 16.5. The summed E-state index contributed by atoms with van der Waals surface area (Å²) in [4.78, 5) is 2.35. The van der Waals surface area contributed by atoms with E-state index < -0.39 is 0 Å². The van der Waals surface area contributed by atoms with Gasteiger partial charge in [-0.05, 0) is 24.1 Å².